The summed E-state index contributed by atoms with van der Waals surface area (Å²) in [6, 6.07) is 15.8. The van der Waals surface area contributed by atoms with E-state index in [-0.39, 0.29) is 11.9 Å². The maximum atomic E-state index is 14.4. The summed E-state index contributed by atoms with van der Waals surface area (Å²) in [6.07, 6.45) is 0.706. The van der Waals surface area contributed by atoms with E-state index < -0.39 is 0 Å². The van der Waals surface area contributed by atoms with Crippen molar-refractivity contribution in [3.05, 3.63) is 65.5 Å². The van der Waals surface area contributed by atoms with Gasteiger partial charge in [-0.05, 0) is 50.1 Å². The highest BCUT2D eigenvalue weighted by Crippen LogP contribution is 2.24. The Labute approximate surface area is 126 Å². The molecule has 3 heteroatoms. The molecule has 2 N–H and O–H groups in total. The molecule has 0 aromatic heterocycles. The predicted molar refractivity (Wildman–Crippen MR) is 86.9 cm³/mol. The molecule has 0 aliphatic carbocycles. The third-order valence-corrected chi connectivity index (χ3v) is 3.57. The number of rotatable bonds is 6. The Hall–Kier alpha value is -1.87. The molecular formula is C18H23FN2. The van der Waals surface area contributed by atoms with Crippen LogP contribution in [-0.2, 0) is 13.0 Å². The highest BCUT2D eigenvalue weighted by atomic mass is 19.1. The van der Waals surface area contributed by atoms with Gasteiger partial charge in [0.1, 0.15) is 5.82 Å². The number of anilines is 1. The second-order valence-electron chi connectivity index (χ2n) is 5.53. The molecule has 0 bridgehead atoms. The smallest absolute Gasteiger partial charge is 0.146 e. The van der Waals surface area contributed by atoms with Gasteiger partial charge in [0.25, 0.3) is 0 Å². The lowest BCUT2D eigenvalue weighted by Crippen LogP contribution is -2.31. The first-order chi connectivity index (χ1) is 10.1. The summed E-state index contributed by atoms with van der Waals surface area (Å²) in [6.45, 7) is 5.40. The molecule has 2 nitrogen and oxygen atoms in total. The van der Waals surface area contributed by atoms with E-state index >= 15 is 0 Å². The van der Waals surface area contributed by atoms with Crippen LogP contribution in [0.3, 0.4) is 0 Å². The Morgan fingerprint density at radius 2 is 1.76 bits per heavy atom. The molecule has 21 heavy (non-hydrogen) atoms. The van der Waals surface area contributed by atoms with E-state index in [1.807, 2.05) is 30.3 Å². The Morgan fingerprint density at radius 1 is 1.05 bits per heavy atom. The number of nitrogens with zero attached hydrogens (tertiary/aromatic N) is 1. The normalized spacial score (nSPS) is 10.9. The molecule has 112 valence electrons. The molecule has 0 aliphatic heterocycles. The van der Waals surface area contributed by atoms with E-state index in [4.69, 9.17) is 5.73 Å². The summed E-state index contributed by atoms with van der Waals surface area (Å²) in [5, 5.41) is 0. The zero-order valence-corrected chi connectivity index (χ0v) is 12.7. The van der Waals surface area contributed by atoms with E-state index in [1.54, 1.807) is 6.07 Å². The van der Waals surface area contributed by atoms with E-state index in [1.165, 1.54) is 5.56 Å². The quantitative estimate of drug-likeness (QED) is 0.876. The number of nitrogens with two attached hydrogens (primary N) is 1. The Balaban J connectivity index is 2.26. The van der Waals surface area contributed by atoms with Crippen LogP contribution in [0.5, 0.6) is 0 Å². The molecule has 0 fully saturated rings. The van der Waals surface area contributed by atoms with Gasteiger partial charge in [-0.3, -0.25) is 0 Å². The SMILES string of the molecule is CC(C)N(Cc1ccccc1)c1ccc(CCN)cc1F. The van der Waals surface area contributed by atoms with Crippen LogP contribution < -0.4 is 10.6 Å². The van der Waals surface area contributed by atoms with E-state index in [0.717, 1.165) is 5.56 Å². The first-order valence-corrected chi connectivity index (χ1v) is 7.41. The van der Waals surface area contributed by atoms with Crippen molar-refractivity contribution in [2.45, 2.75) is 32.9 Å². The van der Waals surface area contributed by atoms with Gasteiger partial charge in [0.2, 0.25) is 0 Å². The molecule has 0 amide bonds. The van der Waals surface area contributed by atoms with Crippen molar-refractivity contribution in [1.82, 2.24) is 0 Å². The fourth-order valence-electron chi connectivity index (χ4n) is 2.43. The fourth-order valence-corrected chi connectivity index (χ4v) is 2.43. The van der Waals surface area contributed by atoms with Gasteiger partial charge in [-0.25, -0.2) is 4.39 Å². The minimum absolute atomic E-state index is 0.175. The second kappa shape index (κ2) is 7.23. The molecule has 2 aromatic carbocycles. The predicted octanol–water partition coefficient (Wildman–Crippen LogP) is 3.74. The monoisotopic (exact) mass is 286 g/mol. The first-order valence-electron chi connectivity index (χ1n) is 7.41. The Morgan fingerprint density at radius 3 is 2.33 bits per heavy atom. The number of hydrogen-bond donors (Lipinski definition) is 1. The minimum Gasteiger partial charge on any atom is -0.362 e. The number of hydrogen-bond acceptors (Lipinski definition) is 2. The van der Waals surface area contributed by atoms with E-state index in [0.29, 0.717) is 25.2 Å². The van der Waals surface area contributed by atoms with Crippen LogP contribution in [0.25, 0.3) is 0 Å². The lowest BCUT2D eigenvalue weighted by atomic mass is 10.1. The Kier molecular flexibility index (Phi) is 5.34. The maximum Gasteiger partial charge on any atom is 0.146 e. The molecule has 0 heterocycles. The lowest BCUT2D eigenvalue weighted by molar-refractivity contribution is 0.597. The molecule has 2 rings (SSSR count). The van der Waals surface area contributed by atoms with Crippen LogP contribution in [0.4, 0.5) is 10.1 Å². The zero-order valence-electron chi connectivity index (χ0n) is 12.7. The van der Waals surface area contributed by atoms with Gasteiger partial charge < -0.3 is 10.6 Å². The fraction of sp³-hybridized carbons (Fsp3) is 0.333. The van der Waals surface area contributed by atoms with Crippen molar-refractivity contribution in [3.8, 4) is 0 Å². The molecule has 0 saturated heterocycles. The highest BCUT2D eigenvalue weighted by molar-refractivity contribution is 5.50. The van der Waals surface area contributed by atoms with Crippen LogP contribution in [-0.4, -0.2) is 12.6 Å². The van der Waals surface area contributed by atoms with Crippen molar-refractivity contribution >= 4 is 5.69 Å². The second-order valence-corrected chi connectivity index (χ2v) is 5.53. The Bertz CT molecular complexity index is 567. The van der Waals surface area contributed by atoms with Crippen molar-refractivity contribution in [2.24, 2.45) is 5.73 Å². The summed E-state index contributed by atoms with van der Waals surface area (Å²) in [4.78, 5) is 2.08. The topological polar surface area (TPSA) is 29.3 Å². The third kappa shape index (κ3) is 4.05. The van der Waals surface area contributed by atoms with Gasteiger partial charge >= 0.3 is 0 Å². The van der Waals surface area contributed by atoms with Gasteiger partial charge in [-0.15, -0.1) is 0 Å². The number of halogens is 1. The molecule has 0 atom stereocenters. The van der Waals surface area contributed by atoms with Gasteiger partial charge in [0, 0.05) is 12.6 Å². The van der Waals surface area contributed by atoms with Crippen LogP contribution in [0.2, 0.25) is 0 Å². The largest absolute Gasteiger partial charge is 0.362 e. The molecule has 0 unspecified atom stereocenters. The summed E-state index contributed by atoms with van der Waals surface area (Å²) < 4.78 is 14.4. The summed E-state index contributed by atoms with van der Waals surface area (Å²) >= 11 is 0. The van der Waals surface area contributed by atoms with E-state index in [2.05, 4.69) is 30.9 Å². The van der Waals surface area contributed by atoms with Crippen LogP contribution in [0.1, 0.15) is 25.0 Å². The van der Waals surface area contributed by atoms with Crippen molar-refractivity contribution in [3.63, 3.8) is 0 Å². The minimum atomic E-state index is -0.175. The maximum absolute atomic E-state index is 14.4. The molecular weight excluding hydrogens is 263 g/mol. The van der Waals surface area contributed by atoms with Crippen LogP contribution in [0, 0.1) is 5.82 Å². The van der Waals surface area contributed by atoms with E-state index in [9.17, 15) is 4.39 Å². The standard InChI is InChI=1S/C18H23FN2/c1-14(2)21(13-16-6-4-3-5-7-16)18-9-8-15(10-11-20)12-17(18)19/h3-9,12,14H,10-11,13,20H2,1-2H3. The molecule has 0 aliphatic rings. The average Bonchev–Trinajstić information content (AvgIpc) is 2.47. The van der Waals surface area contributed by atoms with Crippen molar-refractivity contribution < 1.29 is 4.39 Å². The molecule has 0 spiro atoms. The van der Waals surface area contributed by atoms with Crippen molar-refractivity contribution in [2.75, 3.05) is 11.4 Å². The summed E-state index contributed by atoms with van der Waals surface area (Å²) in [5.74, 6) is -0.175. The van der Waals surface area contributed by atoms with Gasteiger partial charge in [0.05, 0.1) is 5.69 Å². The molecule has 0 saturated carbocycles. The molecule has 2 aromatic rings. The van der Waals surface area contributed by atoms with Crippen LogP contribution in [0.15, 0.2) is 48.5 Å². The highest BCUT2D eigenvalue weighted by Gasteiger charge is 2.15. The zero-order chi connectivity index (χ0) is 15.2. The van der Waals surface area contributed by atoms with Gasteiger partial charge in [0.15, 0.2) is 0 Å². The number of benzene rings is 2. The molecule has 0 radical (unpaired) electrons. The van der Waals surface area contributed by atoms with Gasteiger partial charge in [-0.1, -0.05) is 36.4 Å². The first kappa shape index (κ1) is 15.5. The third-order valence-electron chi connectivity index (χ3n) is 3.57. The van der Waals surface area contributed by atoms with Crippen LogP contribution >= 0.6 is 0 Å². The summed E-state index contributed by atoms with van der Waals surface area (Å²) in [7, 11) is 0. The average molecular weight is 286 g/mol. The van der Waals surface area contributed by atoms with Gasteiger partial charge in [-0.2, -0.15) is 0 Å². The summed E-state index contributed by atoms with van der Waals surface area (Å²) in [5.41, 5.74) is 8.30. The van der Waals surface area contributed by atoms with Crippen molar-refractivity contribution in [1.29, 1.82) is 0 Å². The lowest BCUT2D eigenvalue weighted by Gasteiger charge is -2.29.